The minimum atomic E-state index is -0.858. The molecule has 0 aliphatic heterocycles. The van der Waals surface area contributed by atoms with Crippen LogP contribution in [0.4, 0.5) is 11.4 Å². The van der Waals surface area contributed by atoms with E-state index in [2.05, 4.69) is 0 Å². The van der Waals surface area contributed by atoms with E-state index in [4.69, 9.17) is 16.6 Å². The van der Waals surface area contributed by atoms with Crippen LogP contribution in [-0.4, -0.2) is 11.1 Å². The van der Waals surface area contributed by atoms with Gasteiger partial charge in [-0.15, -0.1) is 0 Å². The van der Waals surface area contributed by atoms with Crippen LogP contribution in [0.5, 0.6) is 0 Å². The fourth-order valence-corrected chi connectivity index (χ4v) is 1.80. The Kier molecular flexibility index (Phi) is 3.19. The van der Waals surface area contributed by atoms with Crippen molar-refractivity contribution in [3.05, 3.63) is 48.0 Å². The first kappa shape index (κ1) is 12.0. The third kappa shape index (κ3) is 2.60. The fourth-order valence-electron chi connectivity index (χ4n) is 1.80. The summed E-state index contributed by atoms with van der Waals surface area (Å²) in [4.78, 5) is 10.7. The first-order valence-electron chi connectivity index (χ1n) is 5.52. The summed E-state index contributed by atoms with van der Waals surface area (Å²) in [6.07, 6.45) is -0.0117. The Morgan fingerprint density at radius 1 is 1.06 bits per heavy atom. The second kappa shape index (κ2) is 4.79. The molecule has 4 nitrogen and oxygen atoms in total. The summed E-state index contributed by atoms with van der Waals surface area (Å²) < 4.78 is 0. The number of hydrogen-bond acceptors (Lipinski definition) is 3. The van der Waals surface area contributed by atoms with Gasteiger partial charge in [0.25, 0.3) is 0 Å². The summed E-state index contributed by atoms with van der Waals surface area (Å²) in [6.45, 7) is 0. The lowest BCUT2D eigenvalue weighted by molar-refractivity contribution is -0.136. The largest absolute Gasteiger partial charge is 0.481 e. The standard InChI is InChI=1S/C14H14N2O2/c15-11-4-2-10(3-5-11)12-7-9(8-14(17)18)1-6-13(12)16/h1-7H,8,15-16H2,(H,17,18). The monoisotopic (exact) mass is 242 g/mol. The van der Waals surface area contributed by atoms with E-state index in [-0.39, 0.29) is 6.42 Å². The van der Waals surface area contributed by atoms with E-state index in [9.17, 15) is 4.79 Å². The average Bonchev–Trinajstić information content (AvgIpc) is 2.32. The van der Waals surface area contributed by atoms with Crippen molar-refractivity contribution in [2.24, 2.45) is 0 Å². The Labute approximate surface area is 105 Å². The molecule has 18 heavy (non-hydrogen) atoms. The lowest BCUT2D eigenvalue weighted by Gasteiger charge is -2.08. The van der Waals surface area contributed by atoms with Crippen molar-refractivity contribution in [1.29, 1.82) is 0 Å². The molecule has 2 aromatic carbocycles. The molecule has 5 N–H and O–H groups in total. The minimum absolute atomic E-state index is 0.0117. The Hall–Kier alpha value is -2.49. The van der Waals surface area contributed by atoms with Gasteiger partial charge in [-0.3, -0.25) is 4.79 Å². The Balaban J connectivity index is 2.42. The van der Waals surface area contributed by atoms with E-state index >= 15 is 0 Å². The second-order valence-corrected chi connectivity index (χ2v) is 4.11. The molecule has 0 amide bonds. The van der Waals surface area contributed by atoms with E-state index in [0.29, 0.717) is 11.4 Å². The molecule has 0 saturated heterocycles. The van der Waals surface area contributed by atoms with E-state index in [1.807, 2.05) is 12.1 Å². The molecule has 92 valence electrons. The molecule has 0 bridgehead atoms. The zero-order valence-corrected chi connectivity index (χ0v) is 9.76. The normalized spacial score (nSPS) is 10.2. The van der Waals surface area contributed by atoms with Crippen molar-refractivity contribution in [3.8, 4) is 11.1 Å². The average molecular weight is 242 g/mol. The molecule has 0 spiro atoms. The highest BCUT2D eigenvalue weighted by molar-refractivity contribution is 5.79. The van der Waals surface area contributed by atoms with Gasteiger partial charge in [-0.2, -0.15) is 0 Å². The van der Waals surface area contributed by atoms with E-state index < -0.39 is 5.97 Å². The van der Waals surface area contributed by atoms with E-state index in [1.54, 1.807) is 30.3 Å². The SMILES string of the molecule is Nc1ccc(-c2cc(CC(=O)O)ccc2N)cc1. The Morgan fingerprint density at radius 2 is 1.72 bits per heavy atom. The molecule has 4 heteroatoms. The molecule has 0 unspecified atom stereocenters. The number of nitrogens with two attached hydrogens (primary N) is 2. The van der Waals surface area contributed by atoms with Crippen LogP contribution in [0.25, 0.3) is 11.1 Å². The van der Waals surface area contributed by atoms with Crippen LogP contribution in [0.2, 0.25) is 0 Å². The fraction of sp³-hybridized carbons (Fsp3) is 0.0714. The lowest BCUT2D eigenvalue weighted by atomic mass is 10.00. The van der Waals surface area contributed by atoms with E-state index in [0.717, 1.165) is 16.7 Å². The zero-order valence-electron chi connectivity index (χ0n) is 9.76. The van der Waals surface area contributed by atoms with Crippen LogP contribution < -0.4 is 11.5 Å². The summed E-state index contributed by atoms with van der Waals surface area (Å²) in [7, 11) is 0. The first-order chi connectivity index (χ1) is 8.56. The van der Waals surface area contributed by atoms with E-state index in [1.165, 1.54) is 0 Å². The maximum Gasteiger partial charge on any atom is 0.307 e. The number of rotatable bonds is 3. The third-order valence-electron chi connectivity index (χ3n) is 2.69. The quantitative estimate of drug-likeness (QED) is 0.719. The predicted molar refractivity (Wildman–Crippen MR) is 72.0 cm³/mol. The summed E-state index contributed by atoms with van der Waals surface area (Å²) in [5, 5.41) is 8.79. The van der Waals surface area contributed by atoms with Crippen LogP contribution in [0.15, 0.2) is 42.5 Å². The predicted octanol–water partition coefficient (Wildman–Crippen LogP) is 2.15. The molecule has 0 atom stereocenters. The Bertz CT molecular complexity index is 577. The van der Waals surface area contributed by atoms with Crippen LogP contribution >= 0.6 is 0 Å². The van der Waals surface area contributed by atoms with Gasteiger partial charge in [0.05, 0.1) is 6.42 Å². The van der Waals surface area contributed by atoms with Gasteiger partial charge in [0, 0.05) is 16.9 Å². The van der Waals surface area contributed by atoms with Gasteiger partial charge >= 0.3 is 5.97 Å². The smallest absolute Gasteiger partial charge is 0.307 e. The van der Waals surface area contributed by atoms with Crippen LogP contribution in [0.1, 0.15) is 5.56 Å². The molecule has 0 heterocycles. The molecule has 0 aliphatic rings. The zero-order chi connectivity index (χ0) is 13.1. The summed E-state index contributed by atoms with van der Waals surface area (Å²) in [5.74, 6) is -0.858. The van der Waals surface area contributed by atoms with Crippen LogP contribution in [0, 0.1) is 0 Å². The molecule has 0 aromatic heterocycles. The molecule has 0 radical (unpaired) electrons. The van der Waals surface area contributed by atoms with Crippen LogP contribution in [0.3, 0.4) is 0 Å². The van der Waals surface area contributed by atoms with Gasteiger partial charge < -0.3 is 16.6 Å². The van der Waals surface area contributed by atoms with Crippen molar-refractivity contribution in [2.75, 3.05) is 11.5 Å². The summed E-state index contributed by atoms with van der Waals surface area (Å²) >= 11 is 0. The van der Waals surface area contributed by atoms with Gasteiger partial charge in [0.15, 0.2) is 0 Å². The summed E-state index contributed by atoms with van der Waals surface area (Å²) in [5.41, 5.74) is 15.3. The van der Waals surface area contributed by atoms with Gasteiger partial charge in [-0.25, -0.2) is 0 Å². The third-order valence-corrected chi connectivity index (χ3v) is 2.69. The lowest BCUT2D eigenvalue weighted by Crippen LogP contribution is -2.01. The maximum absolute atomic E-state index is 10.7. The van der Waals surface area contributed by atoms with Crippen LogP contribution in [-0.2, 0) is 11.2 Å². The maximum atomic E-state index is 10.7. The van der Waals surface area contributed by atoms with Gasteiger partial charge in [0.2, 0.25) is 0 Å². The second-order valence-electron chi connectivity index (χ2n) is 4.11. The molecule has 2 aromatic rings. The van der Waals surface area contributed by atoms with Gasteiger partial charge in [-0.1, -0.05) is 18.2 Å². The summed E-state index contributed by atoms with van der Waals surface area (Å²) in [6, 6.07) is 12.6. The number of benzene rings is 2. The molecule has 2 rings (SSSR count). The molecule has 0 saturated carbocycles. The number of carbonyl (C=O) groups is 1. The first-order valence-corrected chi connectivity index (χ1v) is 5.52. The number of nitrogen functional groups attached to an aromatic ring is 2. The number of aliphatic carboxylic acids is 1. The van der Waals surface area contributed by atoms with Crippen molar-refractivity contribution >= 4 is 17.3 Å². The van der Waals surface area contributed by atoms with Crippen molar-refractivity contribution < 1.29 is 9.90 Å². The molecular formula is C14H14N2O2. The van der Waals surface area contributed by atoms with Crippen molar-refractivity contribution in [3.63, 3.8) is 0 Å². The van der Waals surface area contributed by atoms with Crippen molar-refractivity contribution in [1.82, 2.24) is 0 Å². The van der Waals surface area contributed by atoms with Gasteiger partial charge in [0.1, 0.15) is 0 Å². The highest BCUT2D eigenvalue weighted by atomic mass is 16.4. The Morgan fingerprint density at radius 3 is 2.33 bits per heavy atom. The molecule has 0 fully saturated rings. The van der Waals surface area contributed by atoms with Gasteiger partial charge in [-0.05, 0) is 35.4 Å². The number of anilines is 2. The van der Waals surface area contributed by atoms with Crippen molar-refractivity contribution in [2.45, 2.75) is 6.42 Å². The molecule has 0 aliphatic carbocycles. The highest BCUT2D eigenvalue weighted by Crippen LogP contribution is 2.27. The molecular weight excluding hydrogens is 228 g/mol. The topological polar surface area (TPSA) is 89.3 Å². The minimum Gasteiger partial charge on any atom is -0.481 e. The number of carboxylic acids is 1. The highest BCUT2D eigenvalue weighted by Gasteiger charge is 2.06. The number of hydrogen-bond donors (Lipinski definition) is 3. The number of carboxylic acid groups (broad SMARTS) is 1.